The topological polar surface area (TPSA) is 67.8 Å². The van der Waals surface area contributed by atoms with Crippen molar-refractivity contribution in [2.75, 3.05) is 11.1 Å². The number of aryl methyl sites for hydroxylation is 1. The third-order valence-electron chi connectivity index (χ3n) is 3.81. The average molecular weight is 366 g/mol. The monoisotopic (exact) mass is 366 g/mol. The highest BCUT2D eigenvalue weighted by Gasteiger charge is 2.10. The quantitative estimate of drug-likeness (QED) is 0.546. The van der Waals surface area contributed by atoms with Gasteiger partial charge in [-0.15, -0.1) is 0 Å². The Morgan fingerprint density at radius 2 is 1.96 bits per heavy atom. The molecule has 25 heavy (non-hydrogen) atoms. The Bertz CT molecular complexity index is 1080. The number of fused-ring (bicyclic) bond motifs is 2. The summed E-state index contributed by atoms with van der Waals surface area (Å²) < 4.78 is 8.42. The van der Waals surface area contributed by atoms with Crippen LogP contribution in [0.1, 0.15) is 5.56 Å². The Kier molecular flexibility index (Phi) is 4.33. The summed E-state index contributed by atoms with van der Waals surface area (Å²) >= 11 is 2.57. The van der Waals surface area contributed by atoms with Gasteiger partial charge < -0.3 is 5.32 Å². The predicted molar refractivity (Wildman–Crippen MR) is 103 cm³/mol. The van der Waals surface area contributed by atoms with Gasteiger partial charge in [0.1, 0.15) is 11.0 Å². The second-order valence-corrected chi connectivity index (χ2v) is 7.09. The second kappa shape index (κ2) is 6.78. The molecule has 0 radical (unpaired) electrons. The van der Waals surface area contributed by atoms with Crippen molar-refractivity contribution in [2.45, 2.75) is 11.9 Å². The van der Waals surface area contributed by atoms with Gasteiger partial charge in [-0.05, 0) is 36.8 Å². The number of nitrogens with one attached hydrogen (secondary N) is 1. The normalized spacial score (nSPS) is 11.1. The van der Waals surface area contributed by atoms with Gasteiger partial charge in [-0.1, -0.05) is 36.0 Å². The molecule has 124 valence electrons. The lowest BCUT2D eigenvalue weighted by molar-refractivity contribution is -0.113. The molecule has 0 aliphatic rings. The van der Waals surface area contributed by atoms with Gasteiger partial charge in [0.25, 0.3) is 0 Å². The maximum atomic E-state index is 12.3. The number of aromatic nitrogens is 3. The van der Waals surface area contributed by atoms with Crippen LogP contribution in [0, 0.1) is 6.92 Å². The molecule has 1 amide bonds. The molecule has 2 heterocycles. The highest BCUT2D eigenvalue weighted by atomic mass is 32.2. The van der Waals surface area contributed by atoms with Crippen molar-refractivity contribution in [3.63, 3.8) is 0 Å². The summed E-state index contributed by atoms with van der Waals surface area (Å²) in [5, 5.41) is 4.89. The fraction of sp³-hybridized carbons (Fsp3) is 0.111. The minimum atomic E-state index is -0.0851. The first-order valence-electron chi connectivity index (χ1n) is 7.71. The first-order valence-corrected chi connectivity index (χ1v) is 9.42. The van der Waals surface area contributed by atoms with Crippen LogP contribution in [0.4, 0.5) is 5.69 Å². The lowest BCUT2D eigenvalue weighted by atomic mass is 10.1. The number of nitrogens with zero attached hydrogens (tertiary/aromatic N) is 3. The van der Waals surface area contributed by atoms with E-state index in [4.69, 9.17) is 0 Å². The molecule has 0 fully saturated rings. The van der Waals surface area contributed by atoms with E-state index >= 15 is 0 Å². The maximum Gasteiger partial charge on any atom is 0.234 e. The molecule has 2 aromatic carbocycles. The number of benzene rings is 2. The molecule has 0 aliphatic heterocycles. The molecule has 7 heteroatoms. The molecular weight excluding hydrogens is 352 g/mol. The van der Waals surface area contributed by atoms with Gasteiger partial charge in [-0.2, -0.15) is 8.75 Å². The molecule has 0 aliphatic carbocycles. The molecule has 2 aromatic heterocycles. The van der Waals surface area contributed by atoms with Crippen molar-refractivity contribution in [3.05, 3.63) is 54.1 Å². The van der Waals surface area contributed by atoms with Gasteiger partial charge >= 0.3 is 0 Å². The van der Waals surface area contributed by atoms with Crippen LogP contribution in [0.3, 0.4) is 0 Å². The fourth-order valence-corrected chi connectivity index (χ4v) is 3.95. The van der Waals surface area contributed by atoms with E-state index in [9.17, 15) is 4.79 Å². The maximum absolute atomic E-state index is 12.3. The molecule has 0 saturated carbocycles. The number of pyridine rings is 1. The summed E-state index contributed by atoms with van der Waals surface area (Å²) in [6, 6.07) is 15.6. The summed E-state index contributed by atoms with van der Waals surface area (Å²) in [5.41, 5.74) is 4.32. The van der Waals surface area contributed by atoms with E-state index in [1.54, 1.807) is 0 Å². The van der Waals surface area contributed by atoms with Crippen LogP contribution < -0.4 is 5.32 Å². The van der Waals surface area contributed by atoms with Crippen LogP contribution in [0.25, 0.3) is 21.9 Å². The average Bonchev–Trinajstić information content (AvgIpc) is 3.10. The van der Waals surface area contributed by atoms with Crippen LogP contribution in [-0.4, -0.2) is 25.4 Å². The van der Waals surface area contributed by atoms with Crippen molar-refractivity contribution < 1.29 is 4.79 Å². The number of carbonyl (C=O) groups excluding carboxylic acids is 1. The predicted octanol–water partition coefficient (Wildman–Crippen LogP) is 4.28. The van der Waals surface area contributed by atoms with E-state index in [1.165, 1.54) is 11.8 Å². The van der Waals surface area contributed by atoms with Crippen molar-refractivity contribution in [2.24, 2.45) is 0 Å². The molecule has 5 nitrogen and oxygen atoms in total. The SMILES string of the molecule is Cc1cc(SCC(=O)Nc2cccc3nsnc23)nc2ccccc12. The summed E-state index contributed by atoms with van der Waals surface area (Å²) in [7, 11) is 0. The Morgan fingerprint density at radius 1 is 1.12 bits per heavy atom. The summed E-state index contributed by atoms with van der Waals surface area (Å²) in [6.07, 6.45) is 0. The van der Waals surface area contributed by atoms with Crippen LogP contribution in [-0.2, 0) is 4.79 Å². The number of para-hydroxylation sites is 1. The summed E-state index contributed by atoms with van der Waals surface area (Å²) in [5.74, 6) is 0.205. The first-order chi connectivity index (χ1) is 12.2. The minimum Gasteiger partial charge on any atom is -0.323 e. The van der Waals surface area contributed by atoms with Gasteiger partial charge in [0.05, 0.1) is 33.7 Å². The van der Waals surface area contributed by atoms with Crippen molar-refractivity contribution in [3.8, 4) is 0 Å². The summed E-state index contributed by atoms with van der Waals surface area (Å²) in [4.78, 5) is 16.9. The van der Waals surface area contributed by atoms with Crippen molar-refractivity contribution in [1.29, 1.82) is 0 Å². The fourth-order valence-electron chi connectivity index (χ4n) is 2.63. The second-order valence-electron chi connectivity index (χ2n) is 5.57. The number of rotatable bonds is 4. The Morgan fingerprint density at radius 3 is 2.88 bits per heavy atom. The minimum absolute atomic E-state index is 0.0851. The van der Waals surface area contributed by atoms with Gasteiger partial charge in [0.15, 0.2) is 0 Å². The molecular formula is C18H14N4OS2. The molecule has 4 rings (SSSR count). The molecule has 0 atom stereocenters. The standard InChI is InChI=1S/C18H14N4OS2/c1-11-9-17(20-13-6-3-2-5-12(11)13)24-10-16(23)19-14-7-4-8-15-18(14)22-25-21-15/h2-9H,10H2,1H3,(H,19,23). The molecule has 0 unspecified atom stereocenters. The van der Waals surface area contributed by atoms with Gasteiger partial charge in [-0.3, -0.25) is 4.79 Å². The van der Waals surface area contributed by atoms with Crippen LogP contribution >= 0.6 is 23.5 Å². The third-order valence-corrected chi connectivity index (χ3v) is 5.26. The van der Waals surface area contributed by atoms with E-state index in [-0.39, 0.29) is 5.91 Å². The molecule has 0 bridgehead atoms. The Balaban J connectivity index is 1.48. The molecule has 4 aromatic rings. The van der Waals surface area contributed by atoms with Crippen LogP contribution in [0.2, 0.25) is 0 Å². The smallest absolute Gasteiger partial charge is 0.234 e. The third kappa shape index (κ3) is 3.33. The van der Waals surface area contributed by atoms with E-state index in [2.05, 4.69) is 32.0 Å². The van der Waals surface area contributed by atoms with Crippen molar-refractivity contribution >= 4 is 57.0 Å². The lowest BCUT2D eigenvalue weighted by Gasteiger charge is -2.07. The number of thioether (sulfide) groups is 1. The Labute approximate surface area is 152 Å². The highest BCUT2D eigenvalue weighted by Crippen LogP contribution is 2.25. The van der Waals surface area contributed by atoms with Gasteiger partial charge in [0, 0.05) is 5.39 Å². The molecule has 0 spiro atoms. The first kappa shape index (κ1) is 16.0. The van der Waals surface area contributed by atoms with Crippen LogP contribution in [0.5, 0.6) is 0 Å². The van der Waals surface area contributed by atoms with E-state index in [1.807, 2.05) is 42.5 Å². The van der Waals surface area contributed by atoms with E-state index < -0.39 is 0 Å². The number of carbonyl (C=O) groups is 1. The van der Waals surface area contributed by atoms with Crippen LogP contribution in [0.15, 0.2) is 53.6 Å². The highest BCUT2D eigenvalue weighted by molar-refractivity contribution is 7.99. The zero-order valence-corrected chi connectivity index (χ0v) is 15.0. The van der Waals surface area contributed by atoms with E-state index in [0.29, 0.717) is 11.4 Å². The van der Waals surface area contributed by atoms with Gasteiger partial charge in [0.2, 0.25) is 5.91 Å². The largest absolute Gasteiger partial charge is 0.323 e. The number of amides is 1. The zero-order chi connectivity index (χ0) is 17.2. The number of hydrogen-bond acceptors (Lipinski definition) is 6. The molecule has 0 saturated heterocycles. The van der Waals surface area contributed by atoms with Gasteiger partial charge in [-0.25, -0.2) is 4.98 Å². The molecule has 1 N–H and O–H groups in total. The van der Waals surface area contributed by atoms with E-state index in [0.717, 1.165) is 44.3 Å². The lowest BCUT2D eigenvalue weighted by Crippen LogP contribution is -2.14. The number of anilines is 1. The Hall–Kier alpha value is -2.51. The summed E-state index contributed by atoms with van der Waals surface area (Å²) in [6.45, 7) is 2.06. The number of hydrogen-bond donors (Lipinski definition) is 1. The zero-order valence-electron chi connectivity index (χ0n) is 13.4. The van der Waals surface area contributed by atoms with Crippen molar-refractivity contribution in [1.82, 2.24) is 13.7 Å².